The van der Waals surface area contributed by atoms with Crippen molar-refractivity contribution in [1.29, 1.82) is 0 Å². The zero-order chi connectivity index (χ0) is 14.6. The van der Waals surface area contributed by atoms with Gasteiger partial charge in [-0.2, -0.15) is 0 Å². The van der Waals surface area contributed by atoms with E-state index >= 15 is 0 Å². The van der Waals surface area contributed by atoms with Crippen LogP contribution in [0.15, 0.2) is 16.5 Å². The molecule has 2 rings (SSSR count). The van der Waals surface area contributed by atoms with E-state index in [-0.39, 0.29) is 23.8 Å². The fourth-order valence-corrected chi connectivity index (χ4v) is 2.52. The Bertz CT molecular complexity index is 489. The summed E-state index contributed by atoms with van der Waals surface area (Å²) in [6, 6.07) is 2.66. The predicted molar refractivity (Wildman–Crippen MR) is 72.5 cm³/mol. The molecule has 0 spiro atoms. The van der Waals surface area contributed by atoms with Gasteiger partial charge in [0.1, 0.15) is 5.76 Å². The quantitative estimate of drug-likeness (QED) is 0.772. The molecule has 1 saturated carbocycles. The van der Waals surface area contributed by atoms with Gasteiger partial charge < -0.3 is 20.2 Å². The van der Waals surface area contributed by atoms with Crippen molar-refractivity contribution in [3.63, 3.8) is 0 Å². The largest absolute Gasteiger partial charge is 0.475 e. The Morgan fingerprint density at radius 1 is 1.30 bits per heavy atom. The summed E-state index contributed by atoms with van der Waals surface area (Å²) < 4.78 is 5.05. The molecule has 0 aromatic carbocycles. The molecule has 1 aromatic heterocycles. The van der Waals surface area contributed by atoms with Gasteiger partial charge in [0.15, 0.2) is 0 Å². The minimum Gasteiger partial charge on any atom is -0.475 e. The highest BCUT2D eigenvalue weighted by Crippen LogP contribution is 2.36. The highest BCUT2D eigenvalue weighted by Gasteiger charge is 2.28. The first kappa shape index (κ1) is 14.4. The molecule has 6 heteroatoms. The molecular weight excluding hydrogens is 260 g/mol. The molecule has 1 aliphatic rings. The Kier molecular flexibility index (Phi) is 4.32. The fraction of sp³-hybridized carbons (Fsp3) is 0.571. The van der Waals surface area contributed by atoms with Crippen LogP contribution in [0.2, 0.25) is 0 Å². The Labute approximate surface area is 117 Å². The first-order chi connectivity index (χ1) is 9.48. The molecule has 6 nitrogen and oxygen atoms in total. The molecule has 0 atom stereocenters. The zero-order valence-electron chi connectivity index (χ0n) is 11.6. The van der Waals surface area contributed by atoms with E-state index in [0.717, 1.165) is 12.8 Å². The summed E-state index contributed by atoms with van der Waals surface area (Å²) in [4.78, 5) is 22.3. The monoisotopic (exact) mass is 280 g/mol. The second-order valence-corrected chi connectivity index (χ2v) is 5.63. The van der Waals surface area contributed by atoms with E-state index < -0.39 is 5.97 Å². The molecule has 1 aliphatic carbocycles. The van der Waals surface area contributed by atoms with Gasteiger partial charge in [-0.15, -0.1) is 0 Å². The average molecular weight is 280 g/mol. The number of aromatic carboxylic acids is 1. The van der Waals surface area contributed by atoms with Crippen LogP contribution in [0.3, 0.4) is 0 Å². The molecule has 0 unspecified atom stereocenters. The Morgan fingerprint density at radius 2 is 2.00 bits per heavy atom. The van der Waals surface area contributed by atoms with Crippen molar-refractivity contribution in [2.75, 3.05) is 6.54 Å². The van der Waals surface area contributed by atoms with Gasteiger partial charge in [-0.05, 0) is 30.4 Å². The Hall–Kier alpha value is -1.98. The second-order valence-electron chi connectivity index (χ2n) is 5.63. The number of furan rings is 1. The number of amides is 2. The van der Waals surface area contributed by atoms with Gasteiger partial charge in [-0.1, -0.05) is 19.8 Å². The lowest BCUT2D eigenvalue weighted by Crippen LogP contribution is -2.40. The van der Waals surface area contributed by atoms with E-state index in [0.29, 0.717) is 12.3 Å². The van der Waals surface area contributed by atoms with Crippen LogP contribution in [0, 0.1) is 5.41 Å². The van der Waals surface area contributed by atoms with Crippen molar-refractivity contribution < 1.29 is 19.1 Å². The topological polar surface area (TPSA) is 91.6 Å². The third-order valence-corrected chi connectivity index (χ3v) is 3.78. The maximum atomic E-state index is 11.7. The maximum Gasteiger partial charge on any atom is 0.371 e. The lowest BCUT2D eigenvalue weighted by molar-refractivity contribution is 0.0660. The number of hydrogen-bond acceptors (Lipinski definition) is 3. The van der Waals surface area contributed by atoms with Crippen LogP contribution in [-0.2, 0) is 6.54 Å². The van der Waals surface area contributed by atoms with Gasteiger partial charge in [0.2, 0.25) is 5.76 Å². The Balaban J connectivity index is 1.73. The number of carboxylic acids is 1. The van der Waals surface area contributed by atoms with Crippen LogP contribution in [-0.4, -0.2) is 23.7 Å². The van der Waals surface area contributed by atoms with Crippen LogP contribution in [0.1, 0.15) is 48.9 Å². The number of urea groups is 1. The molecule has 1 aromatic rings. The number of carbonyl (C=O) groups excluding carboxylic acids is 1. The van der Waals surface area contributed by atoms with E-state index in [9.17, 15) is 9.59 Å². The van der Waals surface area contributed by atoms with Gasteiger partial charge in [0.25, 0.3) is 0 Å². The molecule has 2 amide bonds. The van der Waals surface area contributed by atoms with Crippen molar-refractivity contribution >= 4 is 12.0 Å². The second kappa shape index (κ2) is 5.98. The van der Waals surface area contributed by atoms with Gasteiger partial charge >= 0.3 is 12.0 Å². The van der Waals surface area contributed by atoms with Crippen molar-refractivity contribution in [3.05, 3.63) is 23.7 Å². The van der Waals surface area contributed by atoms with Crippen LogP contribution in [0.25, 0.3) is 0 Å². The number of rotatable bonds is 5. The summed E-state index contributed by atoms with van der Waals surface area (Å²) in [6.07, 6.45) is 4.75. The lowest BCUT2D eigenvalue weighted by Gasteiger charge is -2.23. The maximum absolute atomic E-state index is 11.7. The zero-order valence-corrected chi connectivity index (χ0v) is 11.6. The summed E-state index contributed by atoms with van der Waals surface area (Å²) in [7, 11) is 0. The number of nitrogens with one attached hydrogen (secondary N) is 2. The van der Waals surface area contributed by atoms with Crippen LogP contribution < -0.4 is 10.6 Å². The third-order valence-electron chi connectivity index (χ3n) is 3.78. The molecule has 1 heterocycles. The van der Waals surface area contributed by atoms with E-state index in [1.807, 2.05) is 0 Å². The van der Waals surface area contributed by atoms with E-state index in [1.165, 1.54) is 18.9 Å². The number of carboxylic acid groups (broad SMARTS) is 1. The minimum absolute atomic E-state index is 0.124. The highest BCUT2D eigenvalue weighted by atomic mass is 16.4. The molecule has 0 bridgehead atoms. The van der Waals surface area contributed by atoms with Crippen molar-refractivity contribution in [2.45, 2.75) is 39.2 Å². The summed E-state index contributed by atoms with van der Waals surface area (Å²) in [5, 5.41) is 14.2. The standard InChI is InChI=1S/C14H20N2O4/c1-14(6-2-3-7-14)9-16-13(19)15-8-10-4-5-11(20-10)12(17)18/h4-5H,2-3,6-9H2,1H3,(H,17,18)(H2,15,16,19). The van der Waals surface area contributed by atoms with Crippen molar-refractivity contribution in [3.8, 4) is 0 Å². The Morgan fingerprint density at radius 3 is 2.60 bits per heavy atom. The van der Waals surface area contributed by atoms with Gasteiger partial charge in [0.05, 0.1) is 6.54 Å². The number of carbonyl (C=O) groups is 2. The van der Waals surface area contributed by atoms with Crippen molar-refractivity contribution in [1.82, 2.24) is 10.6 Å². The molecule has 110 valence electrons. The molecule has 0 radical (unpaired) electrons. The average Bonchev–Trinajstić information content (AvgIpc) is 3.03. The third kappa shape index (κ3) is 3.76. The van der Waals surface area contributed by atoms with Gasteiger partial charge in [0, 0.05) is 6.54 Å². The summed E-state index contributed by atoms with van der Waals surface area (Å²) in [6.45, 7) is 3.03. The summed E-state index contributed by atoms with van der Waals surface area (Å²) >= 11 is 0. The van der Waals surface area contributed by atoms with Gasteiger partial charge in [-0.3, -0.25) is 0 Å². The predicted octanol–water partition coefficient (Wildman–Crippen LogP) is 2.36. The van der Waals surface area contributed by atoms with Crippen LogP contribution >= 0.6 is 0 Å². The summed E-state index contributed by atoms with van der Waals surface area (Å²) in [5.74, 6) is -0.819. The first-order valence-electron chi connectivity index (χ1n) is 6.82. The fourth-order valence-electron chi connectivity index (χ4n) is 2.52. The lowest BCUT2D eigenvalue weighted by atomic mass is 9.89. The highest BCUT2D eigenvalue weighted by molar-refractivity contribution is 5.84. The van der Waals surface area contributed by atoms with Gasteiger partial charge in [-0.25, -0.2) is 9.59 Å². The van der Waals surface area contributed by atoms with Crippen LogP contribution in [0.4, 0.5) is 4.79 Å². The summed E-state index contributed by atoms with van der Waals surface area (Å²) in [5.41, 5.74) is 0.207. The molecule has 0 saturated heterocycles. The normalized spacial score (nSPS) is 16.9. The molecular formula is C14H20N2O4. The first-order valence-corrected chi connectivity index (χ1v) is 6.82. The molecule has 0 aliphatic heterocycles. The molecule has 20 heavy (non-hydrogen) atoms. The van der Waals surface area contributed by atoms with E-state index in [4.69, 9.17) is 9.52 Å². The van der Waals surface area contributed by atoms with E-state index in [2.05, 4.69) is 17.6 Å². The van der Waals surface area contributed by atoms with Crippen molar-refractivity contribution in [2.24, 2.45) is 5.41 Å². The van der Waals surface area contributed by atoms with Crippen LogP contribution in [0.5, 0.6) is 0 Å². The SMILES string of the molecule is CC1(CNC(=O)NCc2ccc(C(=O)O)o2)CCCC1. The minimum atomic E-state index is -1.12. The molecule has 3 N–H and O–H groups in total. The smallest absolute Gasteiger partial charge is 0.371 e. The molecule has 1 fully saturated rings. The number of hydrogen-bond donors (Lipinski definition) is 3. The van der Waals surface area contributed by atoms with E-state index in [1.54, 1.807) is 6.07 Å².